The molecular formula is C94H68BBr3Cl5F7N16O16S7. The number of aromatic nitrogens is 11. The highest BCUT2D eigenvalue weighted by molar-refractivity contribution is 9.11. The summed E-state index contributed by atoms with van der Waals surface area (Å²) in [6.07, 6.45) is 17.5. The number of anilines is 5. The van der Waals surface area contributed by atoms with Gasteiger partial charge in [0.1, 0.15) is 79.3 Å². The lowest BCUT2D eigenvalue weighted by molar-refractivity contribution is 0.00578. The smallest absolute Gasteiger partial charge is 0.399 e. The number of nitrogen functional groups attached to an aromatic ring is 1. The fourth-order valence-electron chi connectivity index (χ4n) is 13.4. The zero-order valence-corrected chi connectivity index (χ0v) is 90.3. The van der Waals surface area contributed by atoms with Crippen LogP contribution in [0.5, 0.6) is 0 Å². The van der Waals surface area contributed by atoms with Crippen molar-refractivity contribution in [1.29, 1.82) is 0 Å². The van der Waals surface area contributed by atoms with E-state index >= 15 is 0 Å². The monoisotopic (exact) mass is 2460 g/mol. The maximum absolute atomic E-state index is 13.7. The van der Waals surface area contributed by atoms with E-state index in [1.165, 1.54) is 55.2 Å². The van der Waals surface area contributed by atoms with Gasteiger partial charge in [0, 0.05) is 75.1 Å². The maximum Gasteiger partial charge on any atom is 0.496 e. The van der Waals surface area contributed by atoms with Gasteiger partial charge in [0.05, 0.1) is 86.8 Å². The van der Waals surface area contributed by atoms with Crippen LogP contribution in [0.3, 0.4) is 0 Å². The molecule has 0 saturated carbocycles. The molecule has 1 fully saturated rings. The van der Waals surface area contributed by atoms with Gasteiger partial charge >= 0.3 is 7.12 Å². The number of pyridine rings is 8. The van der Waals surface area contributed by atoms with Gasteiger partial charge in [-0.1, -0.05) is 76.2 Å². The van der Waals surface area contributed by atoms with Crippen molar-refractivity contribution in [3.05, 3.63) is 403 Å². The van der Waals surface area contributed by atoms with E-state index in [2.05, 4.69) is 92.4 Å². The Morgan fingerprint density at radius 2 is 0.604 bits per heavy atom. The van der Waals surface area contributed by atoms with Crippen molar-refractivity contribution in [2.45, 2.75) is 73.2 Å². The quantitative estimate of drug-likeness (QED) is 0.0383. The number of hydrogen-bond donors (Lipinski definition) is 2. The third-order valence-corrected chi connectivity index (χ3v) is 38.2. The summed E-state index contributed by atoms with van der Waals surface area (Å²) in [5, 5.41) is -0.966. The van der Waals surface area contributed by atoms with Crippen LogP contribution >= 0.6 is 106 Å². The number of nitrogens with two attached hydrogens (primary N) is 1. The van der Waals surface area contributed by atoms with Crippen LogP contribution in [-0.4, -0.2) is 130 Å². The largest absolute Gasteiger partial charge is 0.496 e. The van der Waals surface area contributed by atoms with Gasteiger partial charge in [-0.2, -0.15) is 11.1 Å². The van der Waals surface area contributed by atoms with E-state index in [0.29, 0.717) is 33.3 Å². The molecule has 770 valence electrons. The molecule has 1 saturated heterocycles. The van der Waals surface area contributed by atoms with Crippen molar-refractivity contribution < 1.29 is 99.0 Å². The number of nitrogens with one attached hydrogen (secondary N) is 1. The van der Waals surface area contributed by atoms with Gasteiger partial charge in [-0.15, -0.1) is 0 Å². The summed E-state index contributed by atoms with van der Waals surface area (Å²) in [7, 11) is -34.2. The molecule has 0 atom stereocenters. The van der Waals surface area contributed by atoms with Crippen molar-refractivity contribution in [3.8, 4) is 22.5 Å². The lowest BCUT2D eigenvalue weighted by Crippen LogP contribution is -2.41. The van der Waals surface area contributed by atoms with Crippen LogP contribution in [0.2, 0.25) is 25.8 Å². The minimum Gasteiger partial charge on any atom is -0.399 e. The number of hydrogen-bond acceptors (Lipinski definition) is 25. The summed E-state index contributed by atoms with van der Waals surface area (Å²) in [6, 6.07) is 49.6. The number of sulfonamides is 7. The van der Waals surface area contributed by atoms with E-state index in [4.69, 9.17) is 73.0 Å². The lowest BCUT2D eigenvalue weighted by atomic mass is 9.80. The van der Waals surface area contributed by atoms with Crippen molar-refractivity contribution in [1.82, 2.24) is 53.1 Å². The molecule has 3 N–H and O–H groups in total. The Labute approximate surface area is 897 Å². The highest BCUT2D eigenvalue weighted by atomic mass is 79.9. The fraction of sp³-hybridized carbons (Fsp3) is 0.0638. The number of imidazole rings is 3. The van der Waals surface area contributed by atoms with Gasteiger partial charge in [-0.3, -0.25) is 17.9 Å². The summed E-state index contributed by atoms with van der Waals surface area (Å²) in [5.41, 5.74) is 7.69. The average Bonchev–Trinajstić information content (AvgIpc) is 1.50. The SMILES string of the molecule is Brc1cnc2ccccn12.CC1(C)OB(c2cnc(Cl)c(N(S(=O)(=O)c3ccc(F)cc3)S(=O)(=O)c3ccc(F)cc3)c2)OC1(C)C.Nc1cc(Br)cnc1Cl.O=S(=O)(Nc1cc(-c2cnc3ccccn23)cnc1Cl)c1ccc(F)cc1.O=S(=O)(c1ccc(F)cc1)N(c1cc(-c2cnc3ccccn23)cnc1Cl)S(=O)(=O)c1ccc(F)cc1.O=S(=O)(c1ccc(F)cc1)N(c1cc(Br)cnc1Cl)S(=O)(=O)c1ccc(F)cc1. The molecule has 0 aliphatic carbocycles. The van der Waals surface area contributed by atoms with Gasteiger partial charge in [0.2, 0.25) is 0 Å². The molecule has 18 aromatic rings. The van der Waals surface area contributed by atoms with Gasteiger partial charge in [0.25, 0.3) is 70.2 Å². The van der Waals surface area contributed by atoms with Crippen LogP contribution in [0, 0.1) is 40.7 Å². The first-order valence-corrected chi connectivity index (χ1v) is 56.4. The number of fused-ring (bicyclic) bond motifs is 3. The first-order valence-electron chi connectivity index (χ1n) is 42.1. The Morgan fingerprint density at radius 3 is 0.946 bits per heavy atom. The molecule has 32 nitrogen and oxygen atoms in total. The summed E-state index contributed by atoms with van der Waals surface area (Å²) in [6.45, 7) is 7.23. The first kappa shape index (κ1) is 112. The van der Waals surface area contributed by atoms with E-state index in [0.717, 1.165) is 190 Å². The van der Waals surface area contributed by atoms with Crippen molar-refractivity contribution in [2.24, 2.45) is 0 Å². The van der Waals surface area contributed by atoms with Gasteiger partial charge in [0.15, 0.2) is 25.8 Å². The highest BCUT2D eigenvalue weighted by Crippen LogP contribution is 2.43. The molecule has 1 aliphatic rings. The van der Waals surface area contributed by atoms with E-state index in [1.54, 1.807) is 59.5 Å². The van der Waals surface area contributed by atoms with E-state index in [1.807, 2.05) is 85.3 Å². The molecular weight excluding hydrogens is 2390 g/mol. The Bertz CT molecular complexity index is 8730. The third kappa shape index (κ3) is 25.3. The van der Waals surface area contributed by atoms with Crippen LogP contribution in [0.15, 0.2) is 371 Å². The van der Waals surface area contributed by atoms with Crippen LogP contribution in [0.4, 0.5) is 59.2 Å². The topological polar surface area (TPSA) is 422 Å². The Hall–Kier alpha value is -12.6. The second-order valence-electron chi connectivity index (χ2n) is 31.8. The van der Waals surface area contributed by atoms with Crippen LogP contribution in [-0.2, 0) is 79.5 Å². The Morgan fingerprint density at radius 1 is 0.322 bits per heavy atom. The molecule has 11 aromatic heterocycles. The maximum atomic E-state index is 13.7. The zero-order valence-electron chi connectivity index (χ0n) is 76.1. The molecule has 0 spiro atoms. The van der Waals surface area contributed by atoms with E-state index < -0.39 is 191 Å². The second kappa shape index (κ2) is 45.7. The minimum atomic E-state index is -4.92. The first-order chi connectivity index (χ1) is 70.2. The van der Waals surface area contributed by atoms with Crippen LogP contribution in [0.25, 0.3) is 39.5 Å². The van der Waals surface area contributed by atoms with Crippen molar-refractivity contribution >= 4 is 234 Å². The summed E-state index contributed by atoms with van der Waals surface area (Å²) in [5.74, 6) is -4.84. The van der Waals surface area contributed by atoms with Crippen LogP contribution in [0.1, 0.15) is 27.7 Å². The van der Waals surface area contributed by atoms with E-state index in [-0.39, 0.29) is 36.8 Å². The fourth-order valence-corrected chi connectivity index (χ4v) is 27.8. The van der Waals surface area contributed by atoms with Gasteiger partial charge in [-0.25, -0.2) is 130 Å². The number of nitrogens with zero attached hydrogens (tertiary/aromatic N) is 14. The minimum absolute atomic E-state index is 0.00161. The molecule has 12 heterocycles. The Kier molecular flexibility index (Phi) is 34.3. The summed E-state index contributed by atoms with van der Waals surface area (Å²) < 4.78 is 304. The number of benzene rings is 7. The number of rotatable bonds is 21. The van der Waals surface area contributed by atoms with Crippen LogP contribution < -0.4 is 27.1 Å². The lowest BCUT2D eigenvalue weighted by Gasteiger charge is -2.32. The molecule has 1 aliphatic heterocycles. The third-order valence-electron chi connectivity index (χ3n) is 21.4. The van der Waals surface area contributed by atoms with Gasteiger partial charge in [-0.05, 0) is 312 Å². The summed E-state index contributed by atoms with van der Waals surface area (Å²) in [4.78, 5) is 29.2. The Balaban J connectivity index is 0.000000148. The van der Waals surface area contributed by atoms with E-state index in [9.17, 15) is 89.7 Å². The van der Waals surface area contributed by atoms with Gasteiger partial charge < -0.3 is 15.0 Å². The predicted octanol–water partition coefficient (Wildman–Crippen LogP) is 21.3. The molecule has 19 rings (SSSR count). The van der Waals surface area contributed by atoms with Crippen molar-refractivity contribution in [2.75, 3.05) is 21.6 Å². The molecule has 0 unspecified atom stereocenters. The summed E-state index contributed by atoms with van der Waals surface area (Å²) >= 11 is 39.8. The van der Waals surface area contributed by atoms with Crippen molar-refractivity contribution in [3.63, 3.8) is 0 Å². The predicted molar refractivity (Wildman–Crippen MR) is 559 cm³/mol. The second-order valence-corrected chi connectivity index (χ2v) is 49.3. The average molecular weight is 2460 g/mol. The zero-order chi connectivity index (χ0) is 108. The molecule has 55 heteroatoms. The molecule has 149 heavy (non-hydrogen) atoms. The molecule has 0 amide bonds. The standard InChI is InChI=1S/C24H15ClF2N4O4S2.C23H22BClF2N2O6S2.C18H12ClFN4O2S.C17H10BrClF2N2O4S2.C7H5BrN2.C5H4BrClN2/c25-24-21(13-16(14-29-24)22-15-28-23-3-1-2-12-30(22)23)31(36(32,33)19-8-4-17(26)5-9-19)37(34,35)20-10-6-18(27)7-11-20;1-22(2)23(3,4)35-24(34-22)15-13-20(21(25)28-14-15)29(36(30,31)18-9-5-16(26)6-10-18)37(32,33)19-11-7-17(27)8-12-19;19-18-15(23-27(25,26)14-6-4-13(20)5-7-14)9-12(10-22-18)16-11-21-17-3-1-2-8-24(16)17;18-11-9-16(17(19)22-10-11)23(28(24,25)14-5-1-12(20)2-6-14)29(26,27)15-7-3-13(21)4-8-15;8-6-5-9-7-3-1-2-4-10(6)7;6-3-1-4(8)5(7)9-2-3/h1-15H;5-14H,1-4H3;1-11,23H;1-10H;1-5H;1-2H,8H2. The number of halogens is 15. The molecule has 7 aromatic carbocycles. The normalized spacial score (nSPS) is 13.0. The molecule has 0 bridgehead atoms. The molecule has 0 radical (unpaired) electrons. The highest BCUT2D eigenvalue weighted by Gasteiger charge is 2.53.